The van der Waals surface area contributed by atoms with Crippen LogP contribution in [0.5, 0.6) is 0 Å². The lowest BCUT2D eigenvalue weighted by Crippen LogP contribution is -2.21. The number of carbonyl (C=O) groups excluding carboxylic acids is 3. The van der Waals surface area contributed by atoms with E-state index in [1.165, 1.54) is 17.1 Å². The first-order valence-electron chi connectivity index (χ1n) is 10.1. The van der Waals surface area contributed by atoms with Crippen LogP contribution in [-0.2, 0) is 11.2 Å². The Labute approximate surface area is 195 Å². The lowest BCUT2D eigenvalue weighted by molar-refractivity contribution is -0.115. The van der Waals surface area contributed by atoms with E-state index in [-0.39, 0.29) is 29.6 Å². The summed E-state index contributed by atoms with van der Waals surface area (Å²) < 4.78 is 1.51. The molecule has 0 unspecified atom stereocenters. The molecule has 0 aliphatic carbocycles. The minimum absolute atomic E-state index is 0.0101. The van der Waals surface area contributed by atoms with Crippen molar-refractivity contribution < 1.29 is 14.4 Å². The van der Waals surface area contributed by atoms with E-state index in [4.69, 9.17) is 17.3 Å². The molecule has 0 spiro atoms. The summed E-state index contributed by atoms with van der Waals surface area (Å²) in [6.45, 7) is 3.72. The second-order valence-corrected chi connectivity index (χ2v) is 7.93. The van der Waals surface area contributed by atoms with Crippen LogP contribution in [0.4, 0.5) is 17.2 Å². The molecule has 0 bridgehead atoms. The van der Waals surface area contributed by atoms with Gasteiger partial charge in [0.2, 0.25) is 5.91 Å². The zero-order valence-corrected chi connectivity index (χ0v) is 19.1. The van der Waals surface area contributed by atoms with Gasteiger partial charge in [-0.05, 0) is 37.6 Å². The fourth-order valence-electron chi connectivity index (χ4n) is 3.20. The minimum atomic E-state index is -0.780. The van der Waals surface area contributed by atoms with Gasteiger partial charge in [0.1, 0.15) is 11.4 Å². The van der Waals surface area contributed by atoms with Crippen molar-refractivity contribution in [3.8, 4) is 0 Å². The van der Waals surface area contributed by atoms with Crippen molar-refractivity contribution in [2.45, 2.75) is 26.3 Å². The lowest BCUT2D eigenvalue weighted by atomic mass is 10.1. The van der Waals surface area contributed by atoms with E-state index in [1.807, 2.05) is 13.8 Å². The normalized spacial score (nSPS) is 10.7. The molecule has 2 heterocycles. The van der Waals surface area contributed by atoms with Gasteiger partial charge in [0.15, 0.2) is 5.69 Å². The standard InChI is InChI=1S/C22H24ClN7O3/c1-12(2)30-21(25-3)18(20(24)32)19(29-30)22(33)28-16-9-15(10-26-11-16)27-17(31)8-13-4-6-14(23)7-5-13/h4-7,9-12,25H,8H2,1-3H3,(H2,24,32)(H,27,31)(H,28,33). The van der Waals surface area contributed by atoms with Crippen LogP contribution in [0.2, 0.25) is 5.02 Å². The SMILES string of the molecule is CNc1c(C(N)=O)c(C(=O)Nc2cncc(NC(=O)Cc3ccc(Cl)cc3)c2)nn1C(C)C. The molecule has 33 heavy (non-hydrogen) atoms. The summed E-state index contributed by atoms with van der Waals surface area (Å²) in [5.74, 6) is -1.32. The smallest absolute Gasteiger partial charge is 0.277 e. The molecule has 172 valence electrons. The van der Waals surface area contributed by atoms with E-state index in [1.54, 1.807) is 37.4 Å². The van der Waals surface area contributed by atoms with Crippen LogP contribution in [0.25, 0.3) is 0 Å². The van der Waals surface area contributed by atoms with E-state index in [0.717, 1.165) is 5.56 Å². The van der Waals surface area contributed by atoms with E-state index in [9.17, 15) is 14.4 Å². The van der Waals surface area contributed by atoms with Crippen molar-refractivity contribution in [1.82, 2.24) is 14.8 Å². The van der Waals surface area contributed by atoms with E-state index >= 15 is 0 Å². The number of nitrogens with two attached hydrogens (primary N) is 1. The number of carbonyl (C=O) groups is 3. The van der Waals surface area contributed by atoms with Crippen LogP contribution in [-0.4, -0.2) is 39.5 Å². The summed E-state index contributed by atoms with van der Waals surface area (Å²) in [5.41, 5.74) is 6.89. The summed E-state index contributed by atoms with van der Waals surface area (Å²) >= 11 is 5.86. The Balaban J connectivity index is 1.76. The maximum atomic E-state index is 12.9. The van der Waals surface area contributed by atoms with Crippen LogP contribution in [0.1, 0.15) is 46.3 Å². The minimum Gasteiger partial charge on any atom is -0.373 e. The summed E-state index contributed by atoms with van der Waals surface area (Å²) in [6.07, 6.45) is 3.02. The average Bonchev–Trinajstić information content (AvgIpc) is 3.16. The Morgan fingerprint density at radius 1 is 1.09 bits per heavy atom. The van der Waals surface area contributed by atoms with Crippen molar-refractivity contribution in [3.05, 3.63) is 64.6 Å². The molecule has 3 rings (SSSR count). The first kappa shape index (κ1) is 23.7. The first-order valence-corrected chi connectivity index (χ1v) is 10.5. The molecule has 5 N–H and O–H groups in total. The number of anilines is 3. The number of benzene rings is 1. The molecule has 11 heteroatoms. The molecule has 0 atom stereocenters. The molecule has 3 amide bonds. The number of amides is 3. The van der Waals surface area contributed by atoms with Gasteiger partial charge in [-0.3, -0.25) is 19.4 Å². The summed E-state index contributed by atoms with van der Waals surface area (Å²) in [7, 11) is 1.62. The number of hydrogen-bond donors (Lipinski definition) is 4. The molecule has 10 nitrogen and oxygen atoms in total. The van der Waals surface area contributed by atoms with Crippen LogP contribution >= 0.6 is 11.6 Å². The van der Waals surface area contributed by atoms with Gasteiger partial charge in [0, 0.05) is 18.1 Å². The Bertz CT molecular complexity index is 1190. The number of nitrogens with one attached hydrogen (secondary N) is 3. The Hall–Kier alpha value is -3.92. The predicted octanol–water partition coefficient (Wildman–Crippen LogP) is 3.09. The Kier molecular flexibility index (Phi) is 7.29. The third-order valence-electron chi connectivity index (χ3n) is 4.66. The van der Waals surface area contributed by atoms with E-state index < -0.39 is 11.8 Å². The molecule has 0 aliphatic heterocycles. The van der Waals surface area contributed by atoms with Gasteiger partial charge in [-0.2, -0.15) is 5.10 Å². The van der Waals surface area contributed by atoms with Crippen LogP contribution in [0.3, 0.4) is 0 Å². The van der Waals surface area contributed by atoms with E-state index in [2.05, 4.69) is 26.0 Å². The molecule has 3 aromatic rings. The maximum Gasteiger partial charge on any atom is 0.277 e. The topological polar surface area (TPSA) is 144 Å². The second kappa shape index (κ2) is 10.1. The van der Waals surface area contributed by atoms with Gasteiger partial charge in [-0.25, -0.2) is 4.68 Å². The van der Waals surface area contributed by atoms with Gasteiger partial charge >= 0.3 is 0 Å². The quantitative estimate of drug-likeness (QED) is 0.399. The molecule has 0 saturated carbocycles. The van der Waals surface area contributed by atoms with Gasteiger partial charge in [-0.1, -0.05) is 23.7 Å². The zero-order valence-electron chi connectivity index (χ0n) is 18.3. The zero-order chi connectivity index (χ0) is 24.1. The predicted molar refractivity (Wildman–Crippen MR) is 127 cm³/mol. The molecule has 0 aliphatic rings. The van der Waals surface area contributed by atoms with Crippen LogP contribution in [0.15, 0.2) is 42.7 Å². The van der Waals surface area contributed by atoms with Crippen molar-refractivity contribution in [1.29, 1.82) is 0 Å². The largest absolute Gasteiger partial charge is 0.373 e. The highest BCUT2D eigenvalue weighted by Crippen LogP contribution is 2.24. The highest BCUT2D eigenvalue weighted by molar-refractivity contribution is 6.30. The lowest BCUT2D eigenvalue weighted by Gasteiger charge is -2.10. The number of hydrogen-bond acceptors (Lipinski definition) is 6. The van der Waals surface area contributed by atoms with Crippen LogP contribution in [0, 0.1) is 0 Å². The van der Waals surface area contributed by atoms with Gasteiger partial charge in [-0.15, -0.1) is 0 Å². The highest BCUT2D eigenvalue weighted by Gasteiger charge is 2.27. The maximum absolute atomic E-state index is 12.9. The number of nitrogens with zero attached hydrogens (tertiary/aromatic N) is 3. The summed E-state index contributed by atoms with van der Waals surface area (Å²) in [4.78, 5) is 41.3. The van der Waals surface area contributed by atoms with E-state index in [0.29, 0.717) is 22.2 Å². The molecular formula is C22H24ClN7O3. The molecular weight excluding hydrogens is 446 g/mol. The molecule has 1 aromatic carbocycles. The Morgan fingerprint density at radius 3 is 2.30 bits per heavy atom. The van der Waals surface area contributed by atoms with Gasteiger partial charge in [0.05, 0.1) is 30.2 Å². The fourth-order valence-corrected chi connectivity index (χ4v) is 3.33. The summed E-state index contributed by atoms with van der Waals surface area (Å²) in [6, 6.07) is 8.39. The molecule has 2 aromatic heterocycles. The Morgan fingerprint density at radius 2 is 1.73 bits per heavy atom. The number of primary amides is 1. The highest BCUT2D eigenvalue weighted by atomic mass is 35.5. The van der Waals surface area contributed by atoms with Crippen molar-refractivity contribution in [2.75, 3.05) is 23.0 Å². The van der Waals surface area contributed by atoms with Crippen molar-refractivity contribution in [3.63, 3.8) is 0 Å². The second-order valence-electron chi connectivity index (χ2n) is 7.49. The van der Waals surface area contributed by atoms with Gasteiger partial charge < -0.3 is 21.7 Å². The molecule has 0 fully saturated rings. The molecule has 0 radical (unpaired) electrons. The number of halogens is 1. The van der Waals surface area contributed by atoms with Crippen molar-refractivity contribution >= 4 is 46.5 Å². The number of pyridine rings is 1. The molecule has 0 saturated heterocycles. The van der Waals surface area contributed by atoms with Gasteiger partial charge in [0.25, 0.3) is 11.8 Å². The monoisotopic (exact) mass is 469 g/mol. The fraction of sp³-hybridized carbons (Fsp3) is 0.227. The third kappa shape index (κ3) is 5.66. The third-order valence-corrected chi connectivity index (χ3v) is 4.91. The number of rotatable bonds is 8. The first-order chi connectivity index (χ1) is 15.7. The number of aromatic nitrogens is 3. The average molecular weight is 470 g/mol. The van der Waals surface area contributed by atoms with Crippen LogP contribution < -0.4 is 21.7 Å². The summed E-state index contributed by atoms with van der Waals surface area (Å²) in [5, 5.41) is 13.1. The van der Waals surface area contributed by atoms with Crippen molar-refractivity contribution in [2.24, 2.45) is 5.73 Å².